The Hall–Kier alpha value is -3.55. The van der Waals surface area contributed by atoms with E-state index in [0.29, 0.717) is 22.7 Å². The molecule has 0 aromatic heterocycles. The molecule has 2 rings (SSSR count). The average Bonchev–Trinajstić information content (AvgIpc) is 2.71. The highest BCUT2D eigenvalue weighted by atomic mass is 16.6. The molecule has 0 bridgehead atoms. The number of anilines is 1. The van der Waals surface area contributed by atoms with E-state index in [-0.39, 0.29) is 11.5 Å². The molecule has 0 saturated heterocycles. The highest BCUT2D eigenvalue weighted by Crippen LogP contribution is 2.28. The van der Waals surface area contributed by atoms with Gasteiger partial charge in [0.2, 0.25) is 0 Å². The largest absolute Gasteiger partial charge is 0.497 e. The molecule has 1 N–H and O–H groups in total. The normalized spacial score (nSPS) is 11.2. The highest BCUT2D eigenvalue weighted by molar-refractivity contribution is 5.95. The van der Waals surface area contributed by atoms with Gasteiger partial charge in [-0.3, -0.25) is 9.59 Å². The van der Waals surface area contributed by atoms with Crippen LogP contribution in [0.1, 0.15) is 24.2 Å². The number of ketones is 1. The van der Waals surface area contributed by atoms with Crippen molar-refractivity contribution in [1.29, 1.82) is 0 Å². The standard InChI is InChI=1S/C21H23NO7/c1-13(23)15-8-9-18(19(10-15)27-4)28-12-20(24)29-14(2)21(25)22-16-6-5-7-17(11-16)26-3/h5-11,14H,12H2,1-4H3,(H,22,25)/t14-/m1/s1. The van der Waals surface area contributed by atoms with Gasteiger partial charge in [-0.1, -0.05) is 6.07 Å². The number of benzene rings is 2. The second kappa shape index (κ2) is 10.1. The van der Waals surface area contributed by atoms with Crippen LogP contribution in [-0.4, -0.2) is 44.6 Å². The maximum Gasteiger partial charge on any atom is 0.344 e. The Morgan fingerprint density at radius 2 is 1.76 bits per heavy atom. The number of hydrogen-bond donors (Lipinski definition) is 1. The molecule has 8 nitrogen and oxygen atoms in total. The van der Waals surface area contributed by atoms with Crippen molar-refractivity contribution >= 4 is 23.3 Å². The summed E-state index contributed by atoms with van der Waals surface area (Å²) in [5.74, 6) is -0.154. The van der Waals surface area contributed by atoms with E-state index in [1.807, 2.05) is 0 Å². The fourth-order valence-electron chi connectivity index (χ4n) is 2.37. The van der Waals surface area contributed by atoms with Gasteiger partial charge in [0.1, 0.15) is 5.75 Å². The topological polar surface area (TPSA) is 100 Å². The van der Waals surface area contributed by atoms with Crippen LogP contribution in [0.15, 0.2) is 42.5 Å². The Balaban J connectivity index is 1.89. The molecule has 0 fully saturated rings. The van der Waals surface area contributed by atoms with Gasteiger partial charge in [-0.05, 0) is 44.2 Å². The monoisotopic (exact) mass is 401 g/mol. The molecule has 0 unspecified atom stereocenters. The lowest BCUT2D eigenvalue weighted by Gasteiger charge is -2.15. The molecule has 29 heavy (non-hydrogen) atoms. The molecule has 154 valence electrons. The van der Waals surface area contributed by atoms with Crippen LogP contribution in [-0.2, 0) is 14.3 Å². The van der Waals surface area contributed by atoms with Crippen molar-refractivity contribution in [2.45, 2.75) is 20.0 Å². The maximum absolute atomic E-state index is 12.2. The predicted octanol–water partition coefficient (Wildman–Crippen LogP) is 2.86. The molecule has 1 amide bonds. The van der Waals surface area contributed by atoms with Crippen LogP contribution in [0.3, 0.4) is 0 Å². The molecule has 0 aliphatic heterocycles. The number of amides is 1. The molecular formula is C21H23NO7. The Morgan fingerprint density at radius 3 is 2.41 bits per heavy atom. The third kappa shape index (κ3) is 6.24. The van der Waals surface area contributed by atoms with Gasteiger partial charge in [-0.2, -0.15) is 0 Å². The minimum atomic E-state index is -1.03. The summed E-state index contributed by atoms with van der Waals surface area (Å²) in [6, 6.07) is 11.4. The molecule has 1 atom stereocenters. The second-order valence-electron chi connectivity index (χ2n) is 6.06. The van der Waals surface area contributed by atoms with Crippen molar-refractivity contribution in [3.63, 3.8) is 0 Å². The summed E-state index contributed by atoms with van der Waals surface area (Å²) in [4.78, 5) is 35.6. The van der Waals surface area contributed by atoms with E-state index in [1.165, 1.54) is 40.2 Å². The molecule has 2 aromatic rings. The molecule has 8 heteroatoms. The predicted molar refractivity (Wildman–Crippen MR) is 106 cm³/mol. The quantitative estimate of drug-likeness (QED) is 0.509. The van der Waals surface area contributed by atoms with E-state index in [0.717, 1.165) is 0 Å². The van der Waals surface area contributed by atoms with Gasteiger partial charge in [0.25, 0.3) is 5.91 Å². The fraction of sp³-hybridized carbons (Fsp3) is 0.286. The van der Waals surface area contributed by atoms with Crippen molar-refractivity contribution < 1.29 is 33.3 Å². The van der Waals surface area contributed by atoms with E-state index in [9.17, 15) is 14.4 Å². The maximum atomic E-state index is 12.2. The molecule has 2 aromatic carbocycles. The minimum Gasteiger partial charge on any atom is -0.497 e. The summed E-state index contributed by atoms with van der Waals surface area (Å²) in [6.07, 6.45) is -1.03. The lowest BCUT2D eigenvalue weighted by atomic mass is 10.1. The summed E-state index contributed by atoms with van der Waals surface area (Å²) in [7, 11) is 2.95. The van der Waals surface area contributed by atoms with Crippen LogP contribution < -0.4 is 19.5 Å². The number of nitrogens with one attached hydrogen (secondary N) is 1. The Labute approximate surface area is 168 Å². The van der Waals surface area contributed by atoms with Crippen molar-refractivity contribution in [1.82, 2.24) is 0 Å². The first-order valence-corrected chi connectivity index (χ1v) is 8.80. The Bertz CT molecular complexity index is 894. The molecule has 0 radical (unpaired) electrons. The van der Waals surface area contributed by atoms with Crippen LogP contribution in [0.4, 0.5) is 5.69 Å². The average molecular weight is 401 g/mol. The molecule has 0 saturated carbocycles. The van der Waals surface area contributed by atoms with Crippen LogP contribution in [0.5, 0.6) is 17.2 Å². The summed E-state index contributed by atoms with van der Waals surface area (Å²) >= 11 is 0. The zero-order chi connectivity index (χ0) is 21.4. The van der Waals surface area contributed by atoms with E-state index >= 15 is 0 Å². The summed E-state index contributed by atoms with van der Waals surface area (Å²) in [6.45, 7) is 2.47. The zero-order valence-corrected chi connectivity index (χ0v) is 16.7. The number of Topliss-reactive ketones (excluding diaryl/α,β-unsaturated/α-hetero) is 1. The van der Waals surface area contributed by atoms with Gasteiger partial charge >= 0.3 is 5.97 Å². The number of hydrogen-bond acceptors (Lipinski definition) is 7. The molecule has 0 aliphatic rings. The van der Waals surface area contributed by atoms with Gasteiger partial charge in [0, 0.05) is 17.3 Å². The summed E-state index contributed by atoms with van der Waals surface area (Å²) in [5, 5.41) is 2.64. The molecule has 0 heterocycles. The van der Waals surface area contributed by atoms with Gasteiger partial charge in [-0.25, -0.2) is 4.79 Å². The number of carbonyl (C=O) groups is 3. The lowest BCUT2D eigenvalue weighted by Crippen LogP contribution is -2.31. The van der Waals surface area contributed by atoms with Crippen molar-refractivity contribution in [2.24, 2.45) is 0 Å². The number of rotatable bonds is 9. The van der Waals surface area contributed by atoms with Crippen LogP contribution >= 0.6 is 0 Å². The van der Waals surface area contributed by atoms with Crippen LogP contribution in [0, 0.1) is 0 Å². The van der Waals surface area contributed by atoms with Gasteiger partial charge in [0.05, 0.1) is 14.2 Å². The number of ether oxygens (including phenoxy) is 4. The number of methoxy groups -OCH3 is 2. The lowest BCUT2D eigenvalue weighted by molar-refractivity contribution is -0.155. The molecule has 0 aliphatic carbocycles. The van der Waals surface area contributed by atoms with E-state index in [2.05, 4.69) is 5.32 Å². The van der Waals surface area contributed by atoms with E-state index < -0.39 is 24.6 Å². The van der Waals surface area contributed by atoms with E-state index in [4.69, 9.17) is 18.9 Å². The first-order valence-electron chi connectivity index (χ1n) is 8.80. The van der Waals surface area contributed by atoms with Gasteiger partial charge in [-0.15, -0.1) is 0 Å². The zero-order valence-electron chi connectivity index (χ0n) is 16.7. The third-order valence-corrected chi connectivity index (χ3v) is 3.93. The first-order chi connectivity index (χ1) is 13.8. The Morgan fingerprint density at radius 1 is 1.00 bits per heavy atom. The number of esters is 1. The van der Waals surface area contributed by atoms with Gasteiger partial charge in [0.15, 0.2) is 30.0 Å². The fourth-order valence-corrected chi connectivity index (χ4v) is 2.37. The van der Waals surface area contributed by atoms with E-state index in [1.54, 1.807) is 30.3 Å². The summed E-state index contributed by atoms with van der Waals surface area (Å²) in [5.41, 5.74) is 0.975. The third-order valence-electron chi connectivity index (χ3n) is 3.93. The molecular weight excluding hydrogens is 378 g/mol. The van der Waals surface area contributed by atoms with Crippen LogP contribution in [0.2, 0.25) is 0 Å². The molecule has 0 spiro atoms. The smallest absolute Gasteiger partial charge is 0.344 e. The SMILES string of the molecule is COc1cccc(NC(=O)[C@@H](C)OC(=O)COc2ccc(C(C)=O)cc2OC)c1. The van der Waals surface area contributed by atoms with Gasteiger partial charge < -0.3 is 24.3 Å². The first kappa shape index (κ1) is 21.7. The Kier molecular flexibility index (Phi) is 7.59. The van der Waals surface area contributed by atoms with Crippen LogP contribution in [0.25, 0.3) is 0 Å². The second-order valence-corrected chi connectivity index (χ2v) is 6.06. The minimum absolute atomic E-state index is 0.120. The number of carbonyl (C=O) groups excluding carboxylic acids is 3. The summed E-state index contributed by atoms with van der Waals surface area (Å²) < 4.78 is 20.8. The van der Waals surface area contributed by atoms with Crippen molar-refractivity contribution in [3.8, 4) is 17.2 Å². The highest BCUT2D eigenvalue weighted by Gasteiger charge is 2.19. The van der Waals surface area contributed by atoms with Crippen molar-refractivity contribution in [2.75, 3.05) is 26.1 Å². The van der Waals surface area contributed by atoms with Crippen molar-refractivity contribution in [3.05, 3.63) is 48.0 Å².